The van der Waals surface area contributed by atoms with Gasteiger partial charge >= 0.3 is 6.18 Å². The first kappa shape index (κ1) is 19.7. The molecule has 0 saturated carbocycles. The van der Waals surface area contributed by atoms with E-state index in [4.69, 9.17) is 4.42 Å². The monoisotopic (exact) mass is 387 g/mol. The minimum absolute atomic E-state index is 0.270. The molecular formula is C22H20F3NO2. The van der Waals surface area contributed by atoms with Crippen LogP contribution in [0.15, 0.2) is 59.2 Å². The van der Waals surface area contributed by atoms with E-state index in [9.17, 15) is 18.0 Å². The molecule has 1 aromatic heterocycles. The Morgan fingerprint density at radius 3 is 2.25 bits per heavy atom. The van der Waals surface area contributed by atoms with Crippen molar-refractivity contribution in [2.45, 2.75) is 33.0 Å². The van der Waals surface area contributed by atoms with E-state index in [2.05, 4.69) is 5.32 Å². The van der Waals surface area contributed by atoms with Gasteiger partial charge in [0.15, 0.2) is 0 Å². The van der Waals surface area contributed by atoms with Crippen molar-refractivity contribution in [3.63, 3.8) is 0 Å². The number of benzene rings is 2. The summed E-state index contributed by atoms with van der Waals surface area (Å²) in [6.07, 6.45) is -2.37. The summed E-state index contributed by atoms with van der Waals surface area (Å²) in [6, 6.07) is 12.4. The average molecular weight is 387 g/mol. The van der Waals surface area contributed by atoms with Gasteiger partial charge in [-0.05, 0) is 31.0 Å². The molecular weight excluding hydrogens is 367 g/mol. The number of rotatable bonds is 5. The standard InChI is InChI=1S/C22H20F3NO2/c1-3-16-13-28-20(17-8-10-18(11-9-17)22(23,24)25)19(16)21(27)26-12-15-6-4-14(2)5-7-15/h4-11,13H,3,12H2,1-2H3,(H,26,27). The van der Waals surface area contributed by atoms with Crippen LogP contribution in [0.4, 0.5) is 13.2 Å². The highest BCUT2D eigenvalue weighted by Gasteiger charge is 2.30. The summed E-state index contributed by atoms with van der Waals surface area (Å²) in [4.78, 5) is 12.8. The van der Waals surface area contributed by atoms with E-state index in [1.54, 1.807) is 0 Å². The maximum absolute atomic E-state index is 12.8. The van der Waals surface area contributed by atoms with Crippen LogP contribution in [-0.2, 0) is 19.1 Å². The van der Waals surface area contributed by atoms with Gasteiger partial charge in [-0.2, -0.15) is 13.2 Å². The summed E-state index contributed by atoms with van der Waals surface area (Å²) in [5, 5.41) is 2.86. The second-order valence-corrected chi connectivity index (χ2v) is 6.56. The molecule has 3 nitrogen and oxygen atoms in total. The van der Waals surface area contributed by atoms with E-state index in [-0.39, 0.29) is 11.7 Å². The lowest BCUT2D eigenvalue weighted by atomic mass is 10.0. The summed E-state index contributed by atoms with van der Waals surface area (Å²) in [5.41, 5.74) is 2.82. The lowest BCUT2D eigenvalue weighted by Gasteiger charge is -2.09. The highest BCUT2D eigenvalue weighted by atomic mass is 19.4. The van der Waals surface area contributed by atoms with E-state index < -0.39 is 11.7 Å². The highest BCUT2D eigenvalue weighted by molar-refractivity contribution is 6.01. The molecule has 6 heteroatoms. The first-order chi connectivity index (χ1) is 13.3. The van der Waals surface area contributed by atoms with Gasteiger partial charge in [-0.25, -0.2) is 0 Å². The Morgan fingerprint density at radius 2 is 1.68 bits per heavy atom. The van der Waals surface area contributed by atoms with E-state index >= 15 is 0 Å². The predicted octanol–water partition coefficient (Wildman–Crippen LogP) is 5.77. The Bertz CT molecular complexity index is 955. The summed E-state index contributed by atoms with van der Waals surface area (Å²) < 4.78 is 43.9. The topological polar surface area (TPSA) is 42.2 Å². The third-order valence-corrected chi connectivity index (χ3v) is 4.52. The summed E-state index contributed by atoms with van der Waals surface area (Å²) in [7, 11) is 0. The smallest absolute Gasteiger partial charge is 0.416 e. The number of nitrogens with one attached hydrogen (secondary N) is 1. The number of hydrogen-bond acceptors (Lipinski definition) is 2. The number of halogens is 3. The van der Waals surface area contributed by atoms with Gasteiger partial charge < -0.3 is 9.73 Å². The Hall–Kier alpha value is -3.02. The Morgan fingerprint density at radius 1 is 1.04 bits per heavy atom. The molecule has 0 saturated heterocycles. The average Bonchev–Trinajstić information content (AvgIpc) is 3.11. The van der Waals surface area contributed by atoms with E-state index in [1.165, 1.54) is 18.4 Å². The normalized spacial score (nSPS) is 11.5. The van der Waals surface area contributed by atoms with Crippen molar-refractivity contribution in [3.05, 3.63) is 82.6 Å². The number of carbonyl (C=O) groups excluding carboxylic acids is 1. The predicted molar refractivity (Wildman–Crippen MR) is 101 cm³/mol. The van der Waals surface area contributed by atoms with Gasteiger partial charge in [0.05, 0.1) is 17.4 Å². The quantitative estimate of drug-likeness (QED) is 0.604. The third kappa shape index (κ3) is 4.27. The number of alkyl halides is 3. The van der Waals surface area contributed by atoms with Crippen molar-refractivity contribution >= 4 is 5.91 Å². The first-order valence-electron chi connectivity index (χ1n) is 8.91. The number of hydrogen-bond donors (Lipinski definition) is 1. The largest absolute Gasteiger partial charge is 0.463 e. The van der Waals surface area contributed by atoms with Gasteiger partial charge in [-0.3, -0.25) is 4.79 Å². The molecule has 0 bridgehead atoms. The van der Waals surface area contributed by atoms with Crippen LogP contribution in [0.5, 0.6) is 0 Å². The van der Waals surface area contributed by atoms with Crippen molar-refractivity contribution in [2.75, 3.05) is 0 Å². The van der Waals surface area contributed by atoms with Gasteiger partial charge in [0.25, 0.3) is 5.91 Å². The molecule has 3 aromatic rings. The minimum atomic E-state index is -4.41. The fourth-order valence-corrected chi connectivity index (χ4v) is 2.90. The van der Waals surface area contributed by atoms with Crippen molar-refractivity contribution in [1.29, 1.82) is 0 Å². The SMILES string of the molecule is CCc1coc(-c2ccc(C(F)(F)F)cc2)c1C(=O)NCc1ccc(C)cc1. The van der Waals surface area contributed by atoms with Gasteiger partial charge in [0.1, 0.15) is 5.76 Å². The van der Waals surface area contributed by atoms with Crippen LogP contribution in [0.2, 0.25) is 0 Å². The number of carbonyl (C=O) groups is 1. The van der Waals surface area contributed by atoms with E-state index in [1.807, 2.05) is 38.1 Å². The molecule has 3 rings (SSSR count). The molecule has 0 fully saturated rings. The molecule has 28 heavy (non-hydrogen) atoms. The van der Waals surface area contributed by atoms with Gasteiger partial charge in [-0.1, -0.05) is 48.9 Å². The molecule has 0 aliphatic rings. The van der Waals surface area contributed by atoms with Crippen LogP contribution in [0.3, 0.4) is 0 Å². The van der Waals surface area contributed by atoms with Crippen LogP contribution >= 0.6 is 0 Å². The lowest BCUT2D eigenvalue weighted by Crippen LogP contribution is -2.24. The van der Waals surface area contributed by atoms with Crippen LogP contribution < -0.4 is 5.32 Å². The number of amides is 1. The Labute approximate surface area is 161 Å². The van der Waals surface area contributed by atoms with E-state index in [0.29, 0.717) is 29.7 Å². The molecule has 0 spiro atoms. The van der Waals surface area contributed by atoms with Gasteiger partial charge in [0, 0.05) is 17.7 Å². The zero-order chi connectivity index (χ0) is 20.3. The first-order valence-corrected chi connectivity index (χ1v) is 8.91. The highest BCUT2D eigenvalue weighted by Crippen LogP contribution is 2.33. The fraction of sp³-hybridized carbons (Fsp3) is 0.227. The van der Waals surface area contributed by atoms with Crippen LogP contribution in [0.25, 0.3) is 11.3 Å². The fourth-order valence-electron chi connectivity index (χ4n) is 2.90. The Kier molecular flexibility index (Phi) is 5.58. The molecule has 0 unspecified atom stereocenters. The summed E-state index contributed by atoms with van der Waals surface area (Å²) in [6.45, 7) is 4.22. The summed E-state index contributed by atoms with van der Waals surface area (Å²) >= 11 is 0. The summed E-state index contributed by atoms with van der Waals surface area (Å²) in [5.74, 6) is -0.0481. The molecule has 0 aliphatic carbocycles. The van der Waals surface area contributed by atoms with Crippen molar-refractivity contribution in [1.82, 2.24) is 5.32 Å². The maximum atomic E-state index is 12.8. The molecule has 0 atom stereocenters. The maximum Gasteiger partial charge on any atom is 0.416 e. The molecule has 0 radical (unpaired) electrons. The molecule has 0 aliphatic heterocycles. The van der Waals surface area contributed by atoms with Crippen molar-refractivity contribution in [2.24, 2.45) is 0 Å². The molecule has 1 amide bonds. The second-order valence-electron chi connectivity index (χ2n) is 6.56. The zero-order valence-corrected chi connectivity index (χ0v) is 15.6. The molecule has 1 N–H and O–H groups in total. The van der Waals surface area contributed by atoms with Gasteiger partial charge in [-0.15, -0.1) is 0 Å². The molecule has 2 aromatic carbocycles. The second kappa shape index (κ2) is 7.92. The third-order valence-electron chi connectivity index (χ3n) is 4.52. The lowest BCUT2D eigenvalue weighted by molar-refractivity contribution is -0.137. The van der Waals surface area contributed by atoms with Crippen molar-refractivity contribution in [3.8, 4) is 11.3 Å². The van der Waals surface area contributed by atoms with Crippen LogP contribution in [0.1, 0.15) is 39.5 Å². The minimum Gasteiger partial charge on any atom is -0.463 e. The van der Waals surface area contributed by atoms with E-state index in [0.717, 1.165) is 23.3 Å². The molecule has 146 valence electrons. The van der Waals surface area contributed by atoms with Crippen LogP contribution in [0, 0.1) is 6.92 Å². The number of furan rings is 1. The van der Waals surface area contributed by atoms with Crippen molar-refractivity contribution < 1.29 is 22.4 Å². The Balaban J connectivity index is 1.85. The van der Waals surface area contributed by atoms with Gasteiger partial charge in [0.2, 0.25) is 0 Å². The van der Waals surface area contributed by atoms with Crippen LogP contribution in [-0.4, -0.2) is 5.91 Å². The molecule has 1 heterocycles. The number of aryl methyl sites for hydroxylation is 2. The zero-order valence-electron chi connectivity index (χ0n) is 15.6.